The van der Waals surface area contributed by atoms with Gasteiger partial charge in [0.25, 0.3) is 5.91 Å². The monoisotopic (exact) mass is 315 g/mol. The van der Waals surface area contributed by atoms with Crippen molar-refractivity contribution in [3.8, 4) is 0 Å². The van der Waals surface area contributed by atoms with Gasteiger partial charge in [-0.2, -0.15) is 0 Å². The van der Waals surface area contributed by atoms with E-state index in [-0.39, 0.29) is 11.9 Å². The van der Waals surface area contributed by atoms with Gasteiger partial charge in [0, 0.05) is 30.9 Å². The topological polar surface area (TPSA) is 61.4 Å². The van der Waals surface area contributed by atoms with Crippen LogP contribution in [0.1, 0.15) is 36.5 Å². The maximum Gasteiger partial charge on any atom is 0.321 e. The van der Waals surface area contributed by atoms with Crippen molar-refractivity contribution in [3.05, 3.63) is 42.5 Å². The first-order valence-electron chi connectivity index (χ1n) is 8.19. The summed E-state index contributed by atoms with van der Waals surface area (Å²) in [7, 11) is 0. The van der Waals surface area contributed by atoms with Gasteiger partial charge in [-0.3, -0.25) is 4.79 Å². The summed E-state index contributed by atoms with van der Waals surface area (Å²) in [6.45, 7) is 7.67. The number of nitrogens with zero attached hydrogens (tertiary/aromatic N) is 1. The largest absolute Gasteiger partial charge is 0.349 e. The van der Waals surface area contributed by atoms with E-state index in [2.05, 4.69) is 24.1 Å². The molecule has 0 radical (unpaired) electrons. The van der Waals surface area contributed by atoms with Crippen LogP contribution < -0.4 is 10.6 Å². The Bertz CT molecular complexity index is 550. The summed E-state index contributed by atoms with van der Waals surface area (Å²) in [6.07, 6.45) is 5.03. The minimum atomic E-state index is -0.149. The van der Waals surface area contributed by atoms with Crippen molar-refractivity contribution in [3.63, 3.8) is 0 Å². The molecule has 2 N–H and O–H groups in total. The number of carbonyl (C=O) groups excluding carboxylic acids is 2. The Hall–Kier alpha value is -2.30. The SMILES string of the molecule is C=CCNC(=O)c1ccc(NC(=O)N(CCC)CC2CC2)cc1. The normalized spacial score (nSPS) is 13.3. The van der Waals surface area contributed by atoms with Gasteiger partial charge in [0.15, 0.2) is 0 Å². The number of anilines is 1. The molecule has 1 saturated carbocycles. The van der Waals surface area contributed by atoms with Crippen LogP contribution in [0.5, 0.6) is 0 Å². The van der Waals surface area contributed by atoms with Gasteiger partial charge in [0.05, 0.1) is 0 Å². The first-order chi connectivity index (χ1) is 11.1. The predicted molar refractivity (Wildman–Crippen MR) is 92.6 cm³/mol. The lowest BCUT2D eigenvalue weighted by Crippen LogP contribution is -2.37. The van der Waals surface area contributed by atoms with Gasteiger partial charge in [-0.05, 0) is 49.4 Å². The second-order valence-electron chi connectivity index (χ2n) is 5.90. The third kappa shape index (κ3) is 5.43. The van der Waals surface area contributed by atoms with Crippen LogP contribution in [-0.2, 0) is 0 Å². The average molecular weight is 315 g/mol. The predicted octanol–water partition coefficient (Wildman–Crippen LogP) is 3.26. The molecule has 5 nitrogen and oxygen atoms in total. The Morgan fingerprint density at radius 2 is 2.00 bits per heavy atom. The number of hydrogen-bond donors (Lipinski definition) is 2. The van der Waals surface area contributed by atoms with Crippen molar-refractivity contribution in [2.45, 2.75) is 26.2 Å². The third-order valence-electron chi connectivity index (χ3n) is 3.76. The summed E-state index contributed by atoms with van der Waals surface area (Å²) >= 11 is 0. The summed E-state index contributed by atoms with van der Waals surface area (Å²) in [5, 5.41) is 5.63. The molecule has 0 aromatic heterocycles. The molecule has 0 aliphatic heterocycles. The number of benzene rings is 1. The number of carbonyl (C=O) groups is 2. The smallest absolute Gasteiger partial charge is 0.321 e. The van der Waals surface area contributed by atoms with E-state index >= 15 is 0 Å². The molecule has 23 heavy (non-hydrogen) atoms. The van der Waals surface area contributed by atoms with Crippen LogP contribution in [0.4, 0.5) is 10.5 Å². The molecule has 1 aliphatic carbocycles. The highest BCUT2D eigenvalue weighted by Gasteiger charge is 2.26. The second kappa shape index (κ2) is 8.36. The molecule has 1 aliphatic rings. The van der Waals surface area contributed by atoms with Crippen molar-refractivity contribution in [1.82, 2.24) is 10.2 Å². The van der Waals surface area contributed by atoms with E-state index in [9.17, 15) is 9.59 Å². The van der Waals surface area contributed by atoms with Gasteiger partial charge in [-0.25, -0.2) is 4.79 Å². The van der Waals surface area contributed by atoms with Crippen molar-refractivity contribution in [1.29, 1.82) is 0 Å². The molecule has 1 aromatic carbocycles. The van der Waals surface area contributed by atoms with E-state index < -0.39 is 0 Å². The highest BCUT2D eigenvalue weighted by molar-refractivity contribution is 5.95. The Balaban J connectivity index is 1.91. The summed E-state index contributed by atoms with van der Waals surface area (Å²) in [4.78, 5) is 26.0. The summed E-state index contributed by atoms with van der Waals surface area (Å²) in [6, 6.07) is 6.85. The lowest BCUT2D eigenvalue weighted by atomic mass is 10.2. The molecular formula is C18H25N3O2. The van der Waals surface area contributed by atoms with Gasteiger partial charge in [-0.15, -0.1) is 6.58 Å². The average Bonchev–Trinajstić information content (AvgIpc) is 3.37. The zero-order valence-electron chi connectivity index (χ0n) is 13.7. The summed E-state index contributed by atoms with van der Waals surface area (Å²) in [5.74, 6) is 0.521. The Labute approximate surface area is 137 Å². The van der Waals surface area contributed by atoms with Crippen LogP contribution in [0.3, 0.4) is 0 Å². The molecule has 1 aromatic rings. The zero-order valence-corrected chi connectivity index (χ0v) is 13.7. The van der Waals surface area contributed by atoms with Gasteiger partial charge in [0.1, 0.15) is 0 Å². The van der Waals surface area contributed by atoms with E-state index in [1.807, 2.05) is 4.90 Å². The Morgan fingerprint density at radius 1 is 1.30 bits per heavy atom. The maximum absolute atomic E-state index is 12.4. The lowest BCUT2D eigenvalue weighted by molar-refractivity contribution is 0.0958. The van der Waals surface area contributed by atoms with Crippen LogP contribution in [0, 0.1) is 5.92 Å². The number of nitrogens with one attached hydrogen (secondary N) is 2. The summed E-state index contributed by atoms with van der Waals surface area (Å²) in [5.41, 5.74) is 1.26. The van der Waals surface area contributed by atoms with E-state index in [0.717, 1.165) is 19.5 Å². The van der Waals surface area contributed by atoms with Crippen LogP contribution >= 0.6 is 0 Å². The van der Waals surface area contributed by atoms with Gasteiger partial charge < -0.3 is 15.5 Å². The van der Waals surface area contributed by atoms with E-state index in [1.165, 1.54) is 12.8 Å². The van der Waals surface area contributed by atoms with E-state index in [4.69, 9.17) is 0 Å². The highest BCUT2D eigenvalue weighted by Crippen LogP contribution is 2.30. The molecule has 0 saturated heterocycles. The van der Waals surface area contributed by atoms with Gasteiger partial charge in [-0.1, -0.05) is 13.0 Å². The van der Waals surface area contributed by atoms with E-state index in [0.29, 0.717) is 23.7 Å². The fourth-order valence-electron chi connectivity index (χ4n) is 2.33. The van der Waals surface area contributed by atoms with Crippen molar-refractivity contribution >= 4 is 17.6 Å². The number of urea groups is 1. The van der Waals surface area contributed by atoms with Crippen LogP contribution in [0.25, 0.3) is 0 Å². The van der Waals surface area contributed by atoms with Crippen LogP contribution in [0.2, 0.25) is 0 Å². The first-order valence-corrected chi connectivity index (χ1v) is 8.19. The van der Waals surface area contributed by atoms with Gasteiger partial charge in [0.2, 0.25) is 0 Å². The fourth-order valence-corrected chi connectivity index (χ4v) is 2.33. The minimum Gasteiger partial charge on any atom is -0.349 e. The van der Waals surface area contributed by atoms with Crippen molar-refractivity contribution in [2.24, 2.45) is 5.92 Å². The Kier molecular flexibility index (Phi) is 6.20. The molecule has 0 bridgehead atoms. The van der Waals surface area contributed by atoms with E-state index in [1.54, 1.807) is 30.3 Å². The van der Waals surface area contributed by atoms with Gasteiger partial charge >= 0.3 is 6.03 Å². The molecule has 0 unspecified atom stereocenters. The number of hydrogen-bond acceptors (Lipinski definition) is 2. The third-order valence-corrected chi connectivity index (χ3v) is 3.76. The zero-order chi connectivity index (χ0) is 16.7. The van der Waals surface area contributed by atoms with Crippen molar-refractivity contribution < 1.29 is 9.59 Å². The molecule has 124 valence electrons. The molecule has 2 rings (SSSR count). The minimum absolute atomic E-state index is 0.0670. The van der Waals surface area contributed by atoms with Crippen LogP contribution in [0.15, 0.2) is 36.9 Å². The first kappa shape index (κ1) is 17.1. The molecule has 5 heteroatoms. The molecular weight excluding hydrogens is 290 g/mol. The number of amides is 3. The molecule has 0 heterocycles. The Morgan fingerprint density at radius 3 is 2.57 bits per heavy atom. The summed E-state index contributed by atoms with van der Waals surface area (Å²) < 4.78 is 0. The second-order valence-corrected chi connectivity index (χ2v) is 5.90. The maximum atomic E-state index is 12.4. The quantitative estimate of drug-likeness (QED) is 0.723. The molecule has 1 fully saturated rings. The molecule has 3 amide bonds. The lowest BCUT2D eigenvalue weighted by Gasteiger charge is -2.22. The molecule has 0 atom stereocenters. The number of rotatable bonds is 8. The highest BCUT2D eigenvalue weighted by atomic mass is 16.2. The standard InChI is InChI=1S/C18H25N3O2/c1-3-11-19-17(22)15-7-9-16(10-8-15)20-18(23)21(12-4-2)13-14-5-6-14/h3,7-10,14H,1,4-6,11-13H2,2H3,(H,19,22)(H,20,23). The van der Waals surface area contributed by atoms with Crippen molar-refractivity contribution in [2.75, 3.05) is 25.0 Å². The fraction of sp³-hybridized carbons (Fsp3) is 0.444. The van der Waals surface area contributed by atoms with Crippen LogP contribution in [-0.4, -0.2) is 36.5 Å². The molecule has 0 spiro atoms.